The van der Waals surface area contributed by atoms with E-state index in [1.807, 2.05) is 29.3 Å². The number of aromatic nitrogens is 3. The monoisotopic (exact) mass is 491 g/mol. The van der Waals surface area contributed by atoms with Crippen LogP contribution in [0, 0.1) is 11.3 Å². The van der Waals surface area contributed by atoms with Crippen molar-refractivity contribution in [1.82, 2.24) is 14.9 Å². The van der Waals surface area contributed by atoms with Crippen LogP contribution < -0.4 is 9.75 Å². The van der Waals surface area contributed by atoms with E-state index in [-0.39, 0.29) is 0 Å². The van der Waals surface area contributed by atoms with E-state index in [1.165, 1.54) is 12.1 Å². The molecule has 0 unspecified atom stereocenters. The standard InChI is InChI=1S/C27H24F3N5O/c1-2-3-14-36-25-12-4-20(5-13-25)17-35(34-18-32-33-19-34)24-11-8-22(16-31)26(15-24)21-6-9-23(10-7-21)27(28,29)30/h4-13,15,18-19H,2-3,14,17H2,1H3. The van der Waals surface area contributed by atoms with Crippen molar-refractivity contribution in [1.29, 1.82) is 5.26 Å². The van der Waals surface area contributed by atoms with Crippen LogP contribution in [0.5, 0.6) is 5.75 Å². The molecule has 0 aliphatic heterocycles. The number of hydrogen-bond donors (Lipinski definition) is 0. The zero-order valence-electron chi connectivity index (χ0n) is 19.6. The second-order valence-corrected chi connectivity index (χ2v) is 8.16. The predicted molar refractivity (Wildman–Crippen MR) is 130 cm³/mol. The topological polar surface area (TPSA) is 67.0 Å². The van der Waals surface area contributed by atoms with Gasteiger partial charge in [0.25, 0.3) is 0 Å². The zero-order valence-corrected chi connectivity index (χ0v) is 19.6. The van der Waals surface area contributed by atoms with Gasteiger partial charge in [-0.05, 0) is 60.0 Å². The number of nitriles is 1. The number of rotatable bonds is 9. The van der Waals surface area contributed by atoms with Crippen molar-refractivity contribution in [3.05, 3.63) is 96.1 Å². The first kappa shape index (κ1) is 24.8. The Kier molecular flexibility index (Phi) is 7.54. The third kappa shape index (κ3) is 5.84. The molecule has 184 valence electrons. The lowest BCUT2D eigenvalue weighted by Gasteiger charge is -2.26. The van der Waals surface area contributed by atoms with Gasteiger partial charge in [0, 0.05) is 5.56 Å². The van der Waals surface area contributed by atoms with Gasteiger partial charge in [-0.2, -0.15) is 18.4 Å². The summed E-state index contributed by atoms with van der Waals surface area (Å²) >= 11 is 0. The Morgan fingerprint density at radius 2 is 1.67 bits per heavy atom. The van der Waals surface area contributed by atoms with E-state index in [0.717, 1.165) is 36.3 Å². The van der Waals surface area contributed by atoms with Crippen molar-refractivity contribution in [2.24, 2.45) is 0 Å². The maximum absolute atomic E-state index is 13.0. The molecule has 36 heavy (non-hydrogen) atoms. The number of nitrogens with zero attached hydrogens (tertiary/aromatic N) is 5. The van der Waals surface area contributed by atoms with Gasteiger partial charge >= 0.3 is 6.18 Å². The molecule has 0 saturated heterocycles. The summed E-state index contributed by atoms with van der Waals surface area (Å²) in [4.78, 5) is 0. The second kappa shape index (κ2) is 11.0. The van der Waals surface area contributed by atoms with Crippen LogP contribution in [0.15, 0.2) is 79.4 Å². The number of unbranched alkanes of at least 4 members (excludes halogenated alkanes) is 1. The van der Waals surface area contributed by atoms with Crippen molar-refractivity contribution in [2.75, 3.05) is 11.6 Å². The molecule has 6 nitrogen and oxygen atoms in total. The average molecular weight is 492 g/mol. The average Bonchev–Trinajstić information content (AvgIpc) is 3.42. The summed E-state index contributed by atoms with van der Waals surface area (Å²) < 4.78 is 46.5. The molecule has 0 bridgehead atoms. The molecule has 1 heterocycles. The highest BCUT2D eigenvalue weighted by molar-refractivity contribution is 5.75. The number of anilines is 1. The Morgan fingerprint density at radius 3 is 2.28 bits per heavy atom. The summed E-state index contributed by atoms with van der Waals surface area (Å²) in [5.74, 6) is 0.797. The van der Waals surface area contributed by atoms with Crippen molar-refractivity contribution in [2.45, 2.75) is 32.5 Å². The van der Waals surface area contributed by atoms with Gasteiger partial charge in [-0.3, -0.25) is 5.01 Å². The molecule has 0 amide bonds. The highest BCUT2D eigenvalue weighted by Gasteiger charge is 2.30. The van der Waals surface area contributed by atoms with Gasteiger partial charge in [-0.1, -0.05) is 37.6 Å². The Balaban J connectivity index is 1.65. The van der Waals surface area contributed by atoms with Crippen LogP contribution in [0.1, 0.15) is 36.5 Å². The van der Waals surface area contributed by atoms with Crippen molar-refractivity contribution >= 4 is 5.69 Å². The maximum atomic E-state index is 13.0. The molecule has 0 spiro atoms. The molecule has 3 aromatic carbocycles. The molecular weight excluding hydrogens is 467 g/mol. The van der Waals surface area contributed by atoms with Gasteiger partial charge in [0.05, 0.1) is 36.0 Å². The fourth-order valence-corrected chi connectivity index (χ4v) is 3.69. The van der Waals surface area contributed by atoms with Crippen LogP contribution in [-0.4, -0.2) is 21.5 Å². The third-order valence-electron chi connectivity index (χ3n) is 5.65. The predicted octanol–water partition coefficient (Wildman–Crippen LogP) is 6.48. The number of benzene rings is 3. The molecule has 0 N–H and O–H groups in total. The van der Waals surface area contributed by atoms with Gasteiger partial charge in [-0.25, -0.2) is 4.68 Å². The maximum Gasteiger partial charge on any atom is 0.416 e. The van der Waals surface area contributed by atoms with Gasteiger partial charge in [-0.15, -0.1) is 10.2 Å². The molecule has 0 fully saturated rings. The smallest absolute Gasteiger partial charge is 0.416 e. The van der Waals surface area contributed by atoms with Gasteiger partial charge in [0.2, 0.25) is 0 Å². The van der Waals surface area contributed by atoms with Crippen molar-refractivity contribution < 1.29 is 17.9 Å². The minimum absolute atomic E-state index is 0.357. The highest BCUT2D eigenvalue weighted by atomic mass is 19.4. The molecule has 0 aliphatic carbocycles. The SMILES string of the molecule is CCCCOc1ccc(CN(c2ccc(C#N)c(-c3ccc(C(F)(F)F)cc3)c2)n2cnnc2)cc1. The molecule has 4 aromatic rings. The first-order valence-corrected chi connectivity index (χ1v) is 11.4. The van der Waals surface area contributed by atoms with Crippen LogP contribution in [-0.2, 0) is 12.7 Å². The lowest BCUT2D eigenvalue weighted by molar-refractivity contribution is -0.137. The Hall–Kier alpha value is -4.32. The number of ether oxygens (including phenoxy) is 1. The molecule has 0 saturated carbocycles. The molecule has 0 atom stereocenters. The summed E-state index contributed by atoms with van der Waals surface area (Å²) in [6.45, 7) is 3.23. The fraction of sp³-hybridized carbons (Fsp3) is 0.222. The quantitative estimate of drug-likeness (QED) is 0.251. The van der Waals surface area contributed by atoms with Crippen LogP contribution in [0.2, 0.25) is 0 Å². The van der Waals surface area contributed by atoms with Crippen LogP contribution in [0.3, 0.4) is 0 Å². The van der Waals surface area contributed by atoms with Crippen LogP contribution in [0.25, 0.3) is 11.1 Å². The van der Waals surface area contributed by atoms with E-state index in [4.69, 9.17) is 4.74 Å². The number of alkyl halides is 3. The summed E-state index contributed by atoms with van der Waals surface area (Å²) in [7, 11) is 0. The van der Waals surface area contributed by atoms with Crippen LogP contribution in [0.4, 0.5) is 18.9 Å². The van der Waals surface area contributed by atoms with Gasteiger partial charge < -0.3 is 4.74 Å². The summed E-state index contributed by atoms with van der Waals surface area (Å²) in [6, 6.07) is 19.9. The van der Waals surface area contributed by atoms with Gasteiger partial charge in [0.15, 0.2) is 0 Å². The minimum atomic E-state index is -4.43. The highest BCUT2D eigenvalue weighted by Crippen LogP contribution is 2.33. The van der Waals surface area contributed by atoms with E-state index in [1.54, 1.807) is 35.5 Å². The van der Waals surface area contributed by atoms with Crippen molar-refractivity contribution in [3.8, 4) is 22.9 Å². The fourth-order valence-electron chi connectivity index (χ4n) is 3.69. The minimum Gasteiger partial charge on any atom is -0.494 e. The second-order valence-electron chi connectivity index (χ2n) is 8.16. The zero-order chi connectivity index (χ0) is 25.5. The Morgan fingerprint density at radius 1 is 0.972 bits per heavy atom. The molecular formula is C27H24F3N5O. The van der Waals surface area contributed by atoms with E-state index in [0.29, 0.717) is 35.5 Å². The molecule has 1 aromatic heterocycles. The lowest BCUT2D eigenvalue weighted by atomic mass is 9.98. The third-order valence-corrected chi connectivity index (χ3v) is 5.65. The van der Waals surface area contributed by atoms with E-state index in [9.17, 15) is 18.4 Å². The Labute approximate surface area is 207 Å². The summed E-state index contributed by atoms with van der Waals surface area (Å²) in [5, 5.41) is 19.4. The molecule has 9 heteroatoms. The first-order valence-electron chi connectivity index (χ1n) is 11.4. The largest absolute Gasteiger partial charge is 0.494 e. The normalized spacial score (nSPS) is 11.2. The van der Waals surface area contributed by atoms with E-state index in [2.05, 4.69) is 23.2 Å². The van der Waals surface area contributed by atoms with E-state index < -0.39 is 11.7 Å². The summed E-state index contributed by atoms with van der Waals surface area (Å²) in [6.07, 6.45) is 0.727. The lowest BCUT2D eigenvalue weighted by Crippen LogP contribution is -2.27. The Bertz CT molecular complexity index is 1310. The molecule has 0 radical (unpaired) electrons. The van der Waals surface area contributed by atoms with Gasteiger partial charge in [0.1, 0.15) is 18.4 Å². The molecule has 4 rings (SSSR count). The van der Waals surface area contributed by atoms with E-state index >= 15 is 0 Å². The number of halogens is 3. The van der Waals surface area contributed by atoms with Crippen molar-refractivity contribution in [3.63, 3.8) is 0 Å². The first-order chi connectivity index (χ1) is 17.4. The molecule has 0 aliphatic rings. The summed E-state index contributed by atoms with van der Waals surface area (Å²) in [5.41, 5.74) is 2.36. The number of hydrogen-bond acceptors (Lipinski definition) is 5. The van der Waals surface area contributed by atoms with Crippen LogP contribution >= 0.6 is 0 Å².